The van der Waals surface area contributed by atoms with Crippen LogP contribution in [0.3, 0.4) is 0 Å². The Morgan fingerprint density at radius 2 is 1.71 bits per heavy atom. The molecule has 146 valence electrons. The van der Waals surface area contributed by atoms with Gasteiger partial charge < -0.3 is 19.0 Å². The Morgan fingerprint density at radius 1 is 1.04 bits per heavy atom. The quantitative estimate of drug-likeness (QED) is 0.580. The Labute approximate surface area is 161 Å². The van der Waals surface area contributed by atoms with E-state index in [1.54, 1.807) is 21.9 Å². The van der Waals surface area contributed by atoms with Crippen molar-refractivity contribution in [3.05, 3.63) is 65.9 Å². The maximum atomic E-state index is 12.8. The summed E-state index contributed by atoms with van der Waals surface area (Å²) >= 11 is 0. The Morgan fingerprint density at radius 3 is 2.36 bits per heavy atom. The average Bonchev–Trinajstić information content (AvgIpc) is 3.26. The van der Waals surface area contributed by atoms with E-state index in [1.165, 1.54) is 42.7 Å². The van der Waals surface area contributed by atoms with Gasteiger partial charge in [-0.1, -0.05) is 12.1 Å². The Bertz CT molecular complexity index is 853. The van der Waals surface area contributed by atoms with Crippen LogP contribution in [-0.4, -0.2) is 60.4 Å². The molecule has 0 radical (unpaired) electrons. The minimum atomic E-state index is -0.663. The predicted molar refractivity (Wildman–Crippen MR) is 97.6 cm³/mol. The minimum absolute atomic E-state index is 0.213. The van der Waals surface area contributed by atoms with Gasteiger partial charge in [0.15, 0.2) is 12.4 Å². The van der Waals surface area contributed by atoms with Gasteiger partial charge in [-0.25, -0.2) is 9.18 Å². The van der Waals surface area contributed by atoms with E-state index < -0.39 is 5.97 Å². The smallest absolute Gasteiger partial charge is 0.331 e. The largest absolute Gasteiger partial charge is 0.459 e. The third kappa shape index (κ3) is 5.06. The summed E-state index contributed by atoms with van der Waals surface area (Å²) in [6, 6.07) is 8.85. The topological polar surface area (TPSA) is 80.1 Å². The van der Waals surface area contributed by atoms with Gasteiger partial charge >= 0.3 is 5.97 Å². The van der Waals surface area contributed by atoms with Crippen LogP contribution < -0.4 is 0 Å². The first-order valence-electron chi connectivity index (χ1n) is 8.74. The van der Waals surface area contributed by atoms with E-state index in [4.69, 9.17) is 9.15 Å². The van der Waals surface area contributed by atoms with Crippen molar-refractivity contribution in [1.29, 1.82) is 0 Å². The lowest BCUT2D eigenvalue weighted by Crippen LogP contribution is -2.51. The molecular formula is C20H19FN2O5. The van der Waals surface area contributed by atoms with Crippen molar-refractivity contribution in [2.24, 2.45) is 0 Å². The van der Waals surface area contributed by atoms with Crippen LogP contribution in [0.1, 0.15) is 16.1 Å². The van der Waals surface area contributed by atoms with E-state index in [9.17, 15) is 18.8 Å². The van der Waals surface area contributed by atoms with Gasteiger partial charge in [-0.3, -0.25) is 9.59 Å². The second-order valence-electron chi connectivity index (χ2n) is 6.14. The molecule has 1 aromatic heterocycles. The van der Waals surface area contributed by atoms with Gasteiger partial charge in [0.2, 0.25) is 0 Å². The molecule has 0 aliphatic carbocycles. The highest BCUT2D eigenvalue weighted by Crippen LogP contribution is 2.10. The molecule has 28 heavy (non-hydrogen) atoms. The molecule has 2 amide bonds. The van der Waals surface area contributed by atoms with Crippen LogP contribution in [0.5, 0.6) is 0 Å². The van der Waals surface area contributed by atoms with E-state index >= 15 is 0 Å². The standard InChI is InChI=1S/C20H19FN2O5/c21-16-6-3-15(4-7-16)5-8-19(25)28-14-18(24)22-9-11-23(12-10-22)20(26)17-2-1-13-27-17/h1-8,13H,9-12,14H2. The summed E-state index contributed by atoms with van der Waals surface area (Å²) in [5.41, 5.74) is 0.641. The fourth-order valence-corrected chi connectivity index (χ4v) is 2.73. The zero-order chi connectivity index (χ0) is 19.9. The molecule has 0 bridgehead atoms. The second kappa shape index (κ2) is 8.98. The third-order valence-corrected chi connectivity index (χ3v) is 4.27. The van der Waals surface area contributed by atoms with Crippen LogP contribution in [0.15, 0.2) is 53.2 Å². The number of halogens is 1. The third-order valence-electron chi connectivity index (χ3n) is 4.27. The molecule has 1 aliphatic rings. The van der Waals surface area contributed by atoms with Crippen molar-refractivity contribution < 1.29 is 27.9 Å². The average molecular weight is 386 g/mol. The van der Waals surface area contributed by atoms with Crippen molar-refractivity contribution in [3.63, 3.8) is 0 Å². The van der Waals surface area contributed by atoms with E-state index in [0.717, 1.165) is 0 Å². The second-order valence-corrected chi connectivity index (χ2v) is 6.14. The number of hydrogen-bond donors (Lipinski definition) is 0. The van der Waals surface area contributed by atoms with Gasteiger partial charge in [-0.15, -0.1) is 0 Å². The lowest BCUT2D eigenvalue weighted by atomic mass is 10.2. The molecule has 1 saturated heterocycles. The molecule has 3 rings (SSSR count). The van der Waals surface area contributed by atoms with Gasteiger partial charge in [-0.2, -0.15) is 0 Å². The number of rotatable bonds is 5. The molecule has 0 spiro atoms. The minimum Gasteiger partial charge on any atom is -0.459 e. The van der Waals surface area contributed by atoms with Crippen molar-refractivity contribution in [2.45, 2.75) is 0 Å². The zero-order valence-corrected chi connectivity index (χ0v) is 15.0. The molecule has 7 nitrogen and oxygen atoms in total. The molecule has 0 N–H and O–H groups in total. The van der Waals surface area contributed by atoms with Crippen LogP contribution in [-0.2, 0) is 14.3 Å². The van der Waals surface area contributed by atoms with Crippen molar-refractivity contribution >= 4 is 23.9 Å². The van der Waals surface area contributed by atoms with E-state index in [1.807, 2.05) is 0 Å². The van der Waals surface area contributed by atoms with E-state index in [-0.39, 0.29) is 30.0 Å². The Hall–Kier alpha value is -3.42. The summed E-state index contributed by atoms with van der Waals surface area (Å²) in [5.74, 6) is -1.30. The molecule has 1 aliphatic heterocycles. The fourth-order valence-electron chi connectivity index (χ4n) is 2.73. The van der Waals surface area contributed by atoms with Crippen LogP contribution >= 0.6 is 0 Å². The molecule has 2 aromatic rings. The number of carbonyl (C=O) groups excluding carboxylic acids is 3. The van der Waals surface area contributed by atoms with E-state index in [0.29, 0.717) is 31.7 Å². The summed E-state index contributed by atoms with van der Waals surface area (Å²) in [5, 5.41) is 0. The van der Waals surface area contributed by atoms with Crippen LogP contribution in [0.2, 0.25) is 0 Å². The first-order valence-corrected chi connectivity index (χ1v) is 8.74. The highest BCUT2D eigenvalue weighted by Gasteiger charge is 2.26. The SMILES string of the molecule is O=C(C=Cc1ccc(F)cc1)OCC(=O)N1CCN(C(=O)c2ccco2)CC1. The molecule has 8 heteroatoms. The number of amides is 2. The number of ether oxygens (including phenoxy) is 1. The summed E-state index contributed by atoms with van der Waals surface area (Å²) in [6.07, 6.45) is 4.09. The molecule has 2 heterocycles. The van der Waals surface area contributed by atoms with Gasteiger partial charge in [0.25, 0.3) is 11.8 Å². The Balaban J connectivity index is 1.41. The molecular weight excluding hydrogens is 367 g/mol. The number of esters is 1. The lowest BCUT2D eigenvalue weighted by molar-refractivity contribution is -0.148. The molecule has 0 saturated carbocycles. The number of piperazine rings is 1. The first-order chi connectivity index (χ1) is 13.5. The highest BCUT2D eigenvalue weighted by molar-refractivity contribution is 5.92. The maximum Gasteiger partial charge on any atom is 0.331 e. The van der Waals surface area contributed by atoms with Gasteiger partial charge in [0, 0.05) is 32.3 Å². The number of benzene rings is 1. The number of carbonyl (C=O) groups is 3. The maximum absolute atomic E-state index is 12.8. The number of furan rings is 1. The van der Waals surface area contributed by atoms with Crippen LogP contribution in [0, 0.1) is 5.82 Å². The van der Waals surface area contributed by atoms with Crippen molar-refractivity contribution in [1.82, 2.24) is 9.80 Å². The van der Waals surface area contributed by atoms with Crippen molar-refractivity contribution in [3.8, 4) is 0 Å². The summed E-state index contributed by atoms with van der Waals surface area (Å²) in [7, 11) is 0. The predicted octanol–water partition coefficient (Wildman–Crippen LogP) is 1.96. The summed E-state index contributed by atoms with van der Waals surface area (Å²) in [6.45, 7) is 1.09. The van der Waals surface area contributed by atoms with E-state index in [2.05, 4.69) is 0 Å². The van der Waals surface area contributed by atoms with Gasteiger partial charge in [0.1, 0.15) is 5.82 Å². The van der Waals surface area contributed by atoms with Crippen molar-refractivity contribution in [2.75, 3.05) is 32.8 Å². The first kappa shape index (κ1) is 19.3. The normalized spacial score (nSPS) is 14.3. The monoisotopic (exact) mass is 386 g/mol. The Kier molecular flexibility index (Phi) is 6.21. The van der Waals surface area contributed by atoms with Crippen LogP contribution in [0.25, 0.3) is 6.08 Å². The highest BCUT2D eigenvalue weighted by atomic mass is 19.1. The van der Waals surface area contributed by atoms with Gasteiger partial charge in [-0.05, 0) is 35.9 Å². The van der Waals surface area contributed by atoms with Crippen LogP contribution in [0.4, 0.5) is 4.39 Å². The number of nitrogens with zero attached hydrogens (tertiary/aromatic N) is 2. The summed E-state index contributed by atoms with van der Waals surface area (Å²) < 4.78 is 22.9. The number of hydrogen-bond acceptors (Lipinski definition) is 5. The zero-order valence-electron chi connectivity index (χ0n) is 15.0. The molecule has 1 aromatic carbocycles. The summed E-state index contributed by atoms with van der Waals surface area (Å²) in [4.78, 5) is 39.3. The lowest BCUT2D eigenvalue weighted by Gasteiger charge is -2.34. The molecule has 0 unspecified atom stereocenters. The fraction of sp³-hybridized carbons (Fsp3) is 0.250. The molecule has 0 atom stereocenters. The molecule has 1 fully saturated rings. The van der Waals surface area contributed by atoms with Gasteiger partial charge in [0.05, 0.1) is 6.26 Å².